The van der Waals surface area contributed by atoms with Crippen LogP contribution in [0.4, 0.5) is 0 Å². The highest BCUT2D eigenvalue weighted by Crippen LogP contribution is 2.27. The molecule has 1 fully saturated rings. The predicted octanol–water partition coefficient (Wildman–Crippen LogP) is 2.79. The van der Waals surface area contributed by atoms with E-state index >= 15 is 0 Å². The smallest absolute Gasteiger partial charge is 0.260 e. The van der Waals surface area contributed by atoms with Crippen LogP contribution in [0.1, 0.15) is 5.69 Å². The average Bonchev–Trinajstić information content (AvgIpc) is 3.18. The molecule has 0 aliphatic carbocycles. The lowest BCUT2D eigenvalue weighted by Crippen LogP contribution is -2.49. The number of thiazole rings is 1. The van der Waals surface area contributed by atoms with E-state index < -0.39 is 0 Å². The number of rotatable bonds is 5. The van der Waals surface area contributed by atoms with Crippen LogP contribution in [0.15, 0.2) is 40.6 Å². The Bertz CT molecular complexity index is 1090. The van der Waals surface area contributed by atoms with Gasteiger partial charge in [-0.25, -0.2) is 4.98 Å². The molecule has 3 heterocycles. The molecule has 0 spiro atoms. The van der Waals surface area contributed by atoms with Crippen LogP contribution in [0.25, 0.3) is 4.96 Å². The van der Waals surface area contributed by atoms with Crippen molar-refractivity contribution < 1.29 is 9.53 Å². The molecular weight excluding hydrogens is 435 g/mol. The van der Waals surface area contributed by atoms with Crippen molar-refractivity contribution >= 4 is 45.4 Å². The third kappa shape index (κ3) is 4.72. The van der Waals surface area contributed by atoms with Crippen LogP contribution in [0, 0.1) is 0 Å². The zero-order valence-corrected chi connectivity index (χ0v) is 17.7. The second kappa shape index (κ2) is 8.71. The normalized spacial score (nSPS) is 15.0. The zero-order chi connectivity index (χ0) is 20.4. The number of amides is 1. The second-order valence-electron chi connectivity index (χ2n) is 6.66. The van der Waals surface area contributed by atoms with Crippen molar-refractivity contribution in [3.63, 3.8) is 0 Å². The minimum absolute atomic E-state index is 0.0723. The molecule has 1 aliphatic heterocycles. The average molecular weight is 453 g/mol. The molecular formula is C19H18Cl2N4O3S. The predicted molar refractivity (Wildman–Crippen MR) is 113 cm³/mol. The third-order valence-electron chi connectivity index (χ3n) is 4.71. The summed E-state index contributed by atoms with van der Waals surface area (Å²) in [6.07, 6.45) is 1.72. The fourth-order valence-corrected chi connectivity index (χ4v) is 4.24. The summed E-state index contributed by atoms with van der Waals surface area (Å²) < 4.78 is 7.07. The van der Waals surface area contributed by atoms with E-state index in [4.69, 9.17) is 27.9 Å². The molecule has 0 N–H and O–H groups in total. The van der Waals surface area contributed by atoms with Crippen LogP contribution < -0.4 is 10.3 Å². The van der Waals surface area contributed by atoms with Crippen LogP contribution >= 0.6 is 34.5 Å². The molecule has 2 aromatic heterocycles. The zero-order valence-electron chi connectivity index (χ0n) is 15.4. The van der Waals surface area contributed by atoms with Crippen molar-refractivity contribution in [1.82, 2.24) is 19.2 Å². The van der Waals surface area contributed by atoms with E-state index in [9.17, 15) is 9.59 Å². The molecule has 10 heteroatoms. The van der Waals surface area contributed by atoms with Crippen LogP contribution in [0.5, 0.6) is 5.75 Å². The quantitative estimate of drug-likeness (QED) is 0.595. The molecule has 152 valence electrons. The highest BCUT2D eigenvalue weighted by molar-refractivity contribution is 7.15. The van der Waals surface area contributed by atoms with E-state index in [0.29, 0.717) is 53.5 Å². The summed E-state index contributed by atoms with van der Waals surface area (Å²) in [6.45, 7) is 3.08. The number of hydrogen-bond acceptors (Lipinski definition) is 6. The molecule has 1 amide bonds. The molecule has 4 rings (SSSR count). The summed E-state index contributed by atoms with van der Waals surface area (Å²) in [5.74, 6) is 0.296. The van der Waals surface area contributed by atoms with Crippen molar-refractivity contribution in [3.05, 3.63) is 61.9 Å². The van der Waals surface area contributed by atoms with Crippen LogP contribution in [0.2, 0.25) is 10.0 Å². The Hall–Kier alpha value is -2.13. The number of carbonyl (C=O) groups excluding carboxylic acids is 1. The Kier molecular flexibility index (Phi) is 6.05. The summed E-state index contributed by atoms with van der Waals surface area (Å²) in [6, 6.07) is 6.46. The van der Waals surface area contributed by atoms with E-state index in [0.717, 1.165) is 5.69 Å². The topological polar surface area (TPSA) is 67.2 Å². The first kappa shape index (κ1) is 20.2. The Morgan fingerprint density at radius 2 is 1.97 bits per heavy atom. The van der Waals surface area contributed by atoms with Crippen LogP contribution in [-0.2, 0) is 11.3 Å². The van der Waals surface area contributed by atoms with E-state index in [1.165, 1.54) is 15.7 Å². The van der Waals surface area contributed by atoms with Gasteiger partial charge in [0.1, 0.15) is 5.75 Å². The summed E-state index contributed by atoms with van der Waals surface area (Å²) in [5.41, 5.74) is 0.674. The summed E-state index contributed by atoms with van der Waals surface area (Å²) in [5, 5.41) is 2.76. The van der Waals surface area contributed by atoms with Gasteiger partial charge in [0.25, 0.3) is 11.5 Å². The molecule has 0 bridgehead atoms. The van der Waals surface area contributed by atoms with Gasteiger partial charge in [-0.05, 0) is 12.1 Å². The molecule has 0 unspecified atom stereocenters. The summed E-state index contributed by atoms with van der Waals surface area (Å²) in [4.78, 5) is 33.7. The number of fused-ring (bicyclic) bond motifs is 1. The number of aromatic nitrogens is 2. The number of hydrogen-bond donors (Lipinski definition) is 0. The fourth-order valence-electron chi connectivity index (χ4n) is 3.17. The third-order valence-corrected chi connectivity index (χ3v) is 6.02. The minimum Gasteiger partial charge on any atom is -0.482 e. The van der Waals surface area contributed by atoms with Gasteiger partial charge < -0.3 is 9.64 Å². The lowest BCUT2D eigenvalue weighted by Gasteiger charge is -2.34. The van der Waals surface area contributed by atoms with Crippen molar-refractivity contribution in [2.75, 3.05) is 32.8 Å². The molecule has 7 nitrogen and oxygen atoms in total. The van der Waals surface area contributed by atoms with E-state index in [2.05, 4.69) is 9.88 Å². The first-order valence-electron chi connectivity index (χ1n) is 9.03. The molecule has 0 saturated carbocycles. The van der Waals surface area contributed by atoms with Crippen molar-refractivity contribution in [2.24, 2.45) is 0 Å². The highest BCUT2D eigenvalue weighted by atomic mass is 35.5. The van der Waals surface area contributed by atoms with Gasteiger partial charge in [0.15, 0.2) is 11.6 Å². The summed E-state index contributed by atoms with van der Waals surface area (Å²) >= 11 is 13.4. The number of benzene rings is 1. The van der Waals surface area contributed by atoms with E-state index in [1.54, 1.807) is 35.4 Å². The highest BCUT2D eigenvalue weighted by Gasteiger charge is 2.22. The maximum absolute atomic E-state index is 12.4. The van der Waals surface area contributed by atoms with Gasteiger partial charge in [-0.15, -0.1) is 11.3 Å². The monoisotopic (exact) mass is 452 g/mol. The first-order valence-corrected chi connectivity index (χ1v) is 10.7. The lowest BCUT2D eigenvalue weighted by atomic mass is 10.2. The van der Waals surface area contributed by atoms with Gasteiger partial charge in [-0.2, -0.15) is 0 Å². The molecule has 0 atom stereocenters. The number of nitrogens with zero attached hydrogens (tertiary/aromatic N) is 4. The molecule has 1 aliphatic rings. The number of ether oxygens (including phenoxy) is 1. The standard InChI is InChI=1S/C19H18Cl2N4O3S/c20-13-1-2-15(21)16(9-13)28-12-18(27)24-5-3-23(4-6-24)11-14-10-17(26)25-7-8-29-19(25)22-14/h1-2,7-10H,3-6,11-12H2. The largest absolute Gasteiger partial charge is 0.482 e. The molecule has 0 radical (unpaired) electrons. The lowest BCUT2D eigenvalue weighted by molar-refractivity contribution is -0.135. The maximum atomic E-state index is 12.4. The van der Waals surface area contributed by atoms with E-state index in [-0.39, 0.29) is 18.1 Å². The Morgan fingerprint density at radius 3 is 2.76 bits per heavy atom. The van der Waals surface area contributed by atoms with Gasteiger partial charge in [-0.3, -0.25) is 18.9 Å². The molecule has 29 heavy (non-hydrogen) atoms. The number of piperazine rings is 1. The van der Waals surface area contributed by atoms with E-state index in [1.807, 2.05) is 5.38 Å². The Morgan fingerprint density at radius 1 is 1.17 bits per heavy atom. The van der Waals surface area contributed by atoms with Gasteiger partial charge in [0.2, 0.25) is 0 Å². The van der Waals surface area contributed by atoms with Crippen molar-refractivity contribution in [1.29, 1.82) is 0 Å². The molecule has 1 saturated heterocycles. The first-order chi connectivity index (χ1) is 14.0. The second-order valence-corrected chi connectivity index (χ2v) is 8.38. The fraction of sp³-hybridized carbons (Fsp3) is 0.316. The van der Waals surface area contributed by atoms with Gasteiger partial charge >= 0.3 is 0 Å². The SMILES string of the molecule is O=C(COc1cc(Cl)ccc1Cl)N1CCN(Cc2cc(=O)n3ccsc3n2)CC1. The minimum atomic E-state index is -0.0999. The van der Waals surface area contributed by atoms with Crippen molar-refractivity contribution in [3.8, 4) is 5.75 Å². The summed E-state index contributed by atoms with van der Waals surface area (Å²) in [7, 11) is 0. The molecule has 3 aromatic rings. The Balaban J connectivity index is 1.30. The van der Waals surface area contributed by atoms with Gasteiger partial charge in [-0.1, -0.05) is 23.2 Å². The van der Waals surface area contributed by atoms with Gasteiger partial charge in [0.05, 0.1) is 10.7 Å². The Labute approximate surface area is 181 Å². The van der Waals surface area contributed by atoms with Crippen molar-refractivity contribution in [2.45, 2.75) is 6.54 Å². The number of halogens is 2. The van der Waals surface area contributed by atoms with Crippen LogP contribution in [-0.4, -0.2) is 57.9 Å². The maximum Gasteiger partial charge on any atom is 0.260 e. The van der Waals surface area contributed by atoms with Crippen LogP contribution in [0.3, 0.4) is 0 Å². The van der Waals surface area contributed by atoms with Gasteiger partial charge in [0, 0.05) is 61.5 Å². The number of carbonyl (C=O) groups is 1. The molecule has 1 aromatic carbocycles.